The zero-order valence-corrected chi connectivity index (χ0v) is 15.9. The zero-order valence-electron chi connectivity index (χ0n) is 15.1. The van der Waals surface area contributed by atoms with Gasteiger partial charge in [-0.3, -0.25) is 0 Å². The van der Waals surface area contributed by atoms with Gasteiger partial charge in [-0.25, -0.2) is 17.4 Å². The highest BCUT2D eigenvalue weighted by Gasteiger charge is 2.24. The molecule has 0 saturated carbocycles. The molecule has 0 radical (unpaired) electrons. The van der Waals surface area contributed by atoms with Crippen LogP contribution in [0.2, 0.25) is 0 Å². The van der Waals surface area contributed by atoms with Crippen molar-refractivity contribution in [2.24, 2.45) is 0 Å². The fourth-order valence-corrected chi connectivity index (χ4v) is 4.59. The largest absolute Gasteiger partial charge is 0.378 e. The normalized spacial score (nSPS) is 11.6. The summed E-state index contributed by atoms with van der Waals surface area (Å²) in [4.78, 5) is 6.58. The molecule has 27 heavy (non-hydrogen) atoms. The van der Waals surface area contributed by atoms with Gasteiger partial charge in [-0.1, -0.05) is 30.3 Å². The molecule has 5 nitrogen and oxygen atoms in total. The molecule has 2 aromatic carbocycles. The van der Waals surface area contributed by atoms with Gasteiger partial charge in [0, 0.05) is 31.4 Å². The fraction of sp³-hybridized carbons (Fsp3) is 0.0952. The average Bonchev–Trinajstić information content (AvgIpc) is 3.09. The number of aromatic nitrogens is 2. The maximum absolute atomic E-state index is 13.4. The predicted molar refractivity (Wildman–Crippen MR) is 109 cm³/mol. The molecule has 2 heterocycles. The topological polar surface area (TPSA) is 55.2 Å². The molecule has 0 spiro atoms. The van der Waals surface area contributed by atoms with Gasteiger partial charge in [0.05, 0.1) is 10.6 Å². The Hall–Kier alpha value is -3.12. The van der Waals surface area contributed by atoms with Gasteiger partial charge in [-0.05, 0) is 48.0 Å². The van der Waals surface area contributed by atoms with Gasteiger partial charge < -0.3 is 4.90 Å². The molecule has 0 fully saturated rings. The Labute approximate surface area is 158 Å². The number of hydrogen-bond acceptors (Lipinski definition) is 4. The molecule has 0 N–H and O–H groups in total. The van der Waals surface area contributed by atoms with Crippen LogP contribution in [0.4, 0.5) is 5.69 Å². The number of benzene rings is 2. The Morgan fingerprint density at radius 2 is 1.59 bits per heavy atom. The lowest BCUT2D eigenvalue weighted by atomic mass is 10.1. The first-order chi connectivity index (χ1) is 13.0. The summed E-state index contributed by atoms with van der Waals surface area (Å²) >= 11 is 0. The molecule has 0 aliphatic carbocycles. The van der Waals surface area contributed by atoms with Crippen LogP contribution < -0.4 is 4.90 Å². The van der Waals surface area contributed by atoms with Crippen molar-refractivity contribution in [3.8, 4) is 11.3 Å². The highest BCUT2D eigenvalue weighted by molar-refractivity contribution is 7.90. The van der Waals surface area contributed by atoms with Gasteiger partial charge >= 0.3 is 0 Å². The van der Waals surface area contributed by atoms with Crippen molar-refractivity contribution in [2.75, 3.05) is 19.0 Å². The molecule has 4 rings (SSSR count). The minimum atomic E-state index is -3.78. The van der Waals surface area contributed by atoms with Crippen molar-refractivity contribution in [2.45, 2.75) is 4.90 Å². The van der Waals surface area contributed by atoms with E-state index in [0.29, 0.717) is 11.3 Å². The Bertz CT molecular complexity index is 1200. The second-order valence-corrected chi connectivity index (χ2v) is 8.26. The molecule has 136 valence electrons. The average molecular weight is 377 g/mol. The lowest BCUT2D eigenvalue weighted by molar-refractivity contribution is 0.589. The Kier molecular flexibility index (Phi) is 4.20. The Morgan fingerprint density at radius 1 is 0.889 bits per heavy atom. The summed E-state index contributed by atoms with van der Waals surface area (Å²) in [6.45, 7) is 0. The number of anilines is 1. The van der Waals surface area contributed by atoms with Crippen molar-refractivity contribution in [3.63, 3.8) is 0 Å². The molecular formula is C21H19N3O2S. The van der Waals surface area contributed by atoms with E-state index in [4.69, 9.17) is 0 Å². The number of rotatable bonds is 4. The summed E-state index contributed by atoms with van der Waals surface area (Å²) in [5.74, 6) is 0. The molecular weight excluding hydrogens is 358 g/mol. The number of hydrogen-bond donors (Lipinski definition) is 0. The van der Waals surface area contributed by atoms with E-state index in [-0.39, 0.29) is 4.90 Å². The first-order valence-electron chi connectivity index (χ1n) is 8.53. The Morgan fingerprint density at radius 3 is 2.26 bits per heavy atom. The third-order valence-corrected chi connectivity index (χ3v) is 6.20. The molecule has 0 saturated heterocycles. The van der Waals surface area contributed by atoms with E-state index in [1.54, 1.807) is 42.6 Å². The van der Waals surface area contributed by atoms with Gasteiger partial charge in [-0.15, -0.1) is 0 Å². The van der Waals surface area contributed by atoms with E-state index in [2.05, 4.69) is 4.98 Å². The van der Waals surface area contributed by atoms with Crippen molar-refractivity contribution in [1.29, 1.82) is 0 Å². The van der Waals surface area contributed by atoms with Gasteiger partial charge in [0.1, 0.15) is 0 Å². The van der Waals surface area contributed by atoms with Crippen LogP contribution in [0.5, 0.6) is 0 Å². The van der Waals surface area contributed by atoms with E-state index in [9.17, 15) is 8.42 Å². The van der Waals surface area contributed by atoms with Crippen LogP contribution in [0.3, 0.4) is 0 Å². The second-order valence-electron chi connectivity index (χ2n) is 6.47. The monoisotopic (exact) mass is 377 g/mol. The van der Waals surface area contributed by atoms with Crippen LogP contribution in [0.25, 0.3) is 22.3 Å². The highest BCUT2D eigenvalue weighted by atomic mass is 32.2. The molecule has 0 aliphatic heterocycles. The summed E-state index contributed by atoms with van der Waals surface area (Å²) in [5.41, 5.74) is 2.88. The summed E-state index contributed by atoms with van der Waals surface area (Å²) in [6.07, 6.45) is 1.61. The standard InChI is InChI=1S/C21H19N3O2S/c1-23(2)18-12-10-16(11-13-18)20-15-17-7-6-14-22-21(17)24(20)27(25,26)19-8-4-3-5-9-19/h3-15H,1-2H3. The van der Waals surface area contributed by atoms with Crippen LogP contribution in [-0.2, 0) is 10.0 Å². The summed E-state index contributed by atoms with van der Waals surface area (Å²) < 4.78 is 28.1. The van der Waals surface area contributed by atoms with E-state index in [0.717, 1.165) is 16.6 Å². The smallest absolute Gasteiger partial charge is 0.269 e. The van der Waals surface area contributed by atoms with Crippen molar-refractivity contribution in [3.05, 3.63) is 79.0 Å². The van der Waals surface area contributed by atoms with Crippen molar-refractivity contribution in [1.82, 2.24) is 8.96 Å². The van der Waals surface area contributed by atoms with Crippen LogP contribution in [0.1, 0.15) is 0 Å². The maximum atomic E-state index is 13.4. The van der Waals surface area contributed by atoms with Gasteiger partial charge in [-0.2, -0.15) is 0 Å². The van der Waals surface area contributed by atoms with E-state index < -0.39 is 10.0 Å². The molecule has 0 amide bonds. The lowest BCUT2D eigenvalue weighted by Gasteiger charge is -2.14. The lowest BCUT2D eigenvalue weighted by Crippen LogP contribution is -2.14. The van der Waals surface area contributed by atoms with Crippen molar-refractivity contribution >= 4 is 26.7 Å². The summed E-state index contributed by atoms with van der Waals surface area (Å²) in [7, 11) is 0.152. The van der Waals surface area contributed by atoms with Gasteiger partial charge in [0.2, 0.25) is 0 Å². The van der Waals surface area contributed by atoms with Crippen LogP contribution in [-0.4, -0.2) is 31.5 Å². The van der Waals surface area contributed by atoms with E-state index >= 15 is 0 Å². The SMILES string of the molecule is CN(C)c1ccc(-c2cc3cccnc3n2S(=O)(=O)c2ccccc2)cc1. The molecule has 6 heteroatoms. The summed E-state index contributed by atoms with van der Waals surface area (Å²) in [6, 6.07) is 21.8. The number of fused-ring (bicyclic) bond motifs is 1. The third-order valence-electron chi connectivity index (χ3n) is 4.48. The van der Waals surface area contributed by atoms with Crippen LogP contribution in [0.15, 0.2) is 83.9 Å². The molecule has 4 aromatic rings. The van der Waals surface area contributed by atoms with Crippen LogP contribution >= 0.6 is 0 Å². The predicted octanol–water partition coefficient (Wildman–Crippen LogP) is 4.01. The van der Waals surface area contributed by atoms with E-state index in [1.807, 2.05) is 55.4 Å². The molecule has 0 atom stereocenters. The maximum Gasteiger partial charge on any atom is 0.269 e. The molecule has 0 bridgehead atoms. The Balaban J connectivity index is 1.98. The fourth-order valence-electron chi connectivity index (χ4n) is 3.08. The van der Waals surface area contributed by atoms with Crippen LogP contribution in [0, 0.1) is 0 Å². The molecule has 0 unspecified atom stereocenters. The van der Waals surface area contributed by atoms with Gasteiger partial charge in [0.15, 0.2) is 5.65 Å². The molecule has 0 aliphatic rings. The molecule has 2 aromatic heterocycles. The minimum Gasteiger partial charge on any atom is -0.378 e. The number of pyridine rings is 1. The van der Waals surface area contributed by atoms with Crippen molar-refractivity contribution < 1.29 is 8.42 Å². The second kappa shape index (κ2) is 6.55. The van der Waals surface area contributed by atoms with Gasteiger partial charge in [0.25, 0.3) is 10.0 Å². The zero-order chi connectivity index (χ0) is 19.0. The highest BCUT2D eigenvalue weighted by Crippen LogP contribution is 2.32. The first kappa shape index (κ1) is 17.3. The minimum absolute atomic E-state index is 0.235. The first-order valence-corrected chi connectivity index (χ1v) is 9.97. The number of nitrogens with zero attached hydrogens (tertiary/aromatic N) is 3. The summed E-state index contributed by atoms with van der Waals surface area (Å²) in [5, 5.41) is 0.781. The van der Waals surface area contributed by atoms with E-state index in [1.165, 1.54) is 3.97 Å². The quantitative estimate of drug-likeness (QED) is 0.539. The third kappa shape index (κ3) is 2.98.